The number of rotatable bonds is 4. The molecule has 2 aromatic rings. The van der Waals surface area contributed by atoms with Crippen molar-refractivity contribution in [2.24, 2.45) is 5.41 Å². The van der Waals surface area contributed by atoms with Crippen molar-refractivity contribution in [3.63, 3.8) is 0 Å². The van der Waals surface area contributed by atoms with Crippen molar-refractivity contribution in [2.45, 2.75) is 12.8 Å². The van der Waals surface area contributed by atoms with Crippen LogP contribution in [-0.4, -0.2) is 29.6 Å². The number of fused-ring (bicyclic) bond motifs is 1. The Bertz CT molecular complexity index is 587. The van der Waals surface area contributed by atoms with Gasteiger partial charge in [0.1, 0.15) is 0 Å². The minimum atomic E-state index is -0.308. The molecule has 1 aliphatic carbocycles. The summed E-state index contributed by atoms with van der Waals surface area (Å²) in [5, 5.41) is 3.30. The number of ether oxygens (including phenoxy) is 1. The normalized spacial score (nSPS) is 16.5. The zero-order chi connectivity index (χ0) is 12.6. The van der Waals surface area contributed by atoms with Crippen LogP contribution in [0.2, 0.25) is 0 Å². The summed E-state index contributed by atoms with van der Waals surface area (Å²) in [5.74, 6) is -0.113. The van der Waals surface area contributed by atoms with Crippen LogP contribution in [0, 0.1) is 5.41 Å². The van der Waals surface area contributed by atoms with Crippen LogP contribution in [0.5, 0.6) is 0 Å². The van der Waals surface area contributed by atoms with Crippen molar-refractivity contribution < 1.29 is 9.53 Å². The van der Waals surface area contributed by atoms with E-state index in [1.165, 1.54) is 7.11 Å². The molecule has 1 heterocycles. The molecule has 94 valence electrons. The summed E-state index contributed by atoms with van der Waals surface area (Å²) < 4.78 is 4.83. The third kappa shape index (κ3) is 1.81. The maximum absolute atomic E-state index is 11.6. The molecule has 0 bridgehead atoms. The molecule has 0 spiro atoms. The monoisotopic (exact) mass is 245 g/mol. The number of carbonyl (C=O) groups excluding carboxylic acids is 1. The van der Waals surface area contributed by atoms with Gasteiger partial charge in [0.2, 0.25) is 0 Å². The average molecular weight is 245 g/mol. The molecule has 0 amide bonds. The molecule has 1 aliphatic rings. The maximum Gasteiger partial charge on any atom is 0.313 e. The van der Waals surface area contributed by atoms with Crippen LogP contribution in [0.15, 0.2) is 24.5 Å². The number of hydrogen-bond acceptors (Lipinski definition) is 4. The highest BCUT2D eigenvalue weighted by Crippen LogP contribution is 2.46. The molecule has 5 heteroatoms. The molecular weight excluding hydrogens is 230 g/mol. The maximum atomic E-state index is 11.6. The predicted molar refractivity (Wildman–Crippen MR) is 68.3 cm³/mol. The van der Waals surface area contributed by atoms with Crippen LogP contribution in [0.25, 0.3) is 11.0 Å². The number of hydrogen-bond donors (Lipinski definition) is 2. The fourth-order valence-electron chi connectivity index (χ4n) is 2.14. The minimum absolute atomic E-state index is 0.113. The summed E-state index contributed by atoms with van der Waals surface area (Å²) in [6.45, 7) is 0.624. The zero-order valence-corrected chi connectivity index (χ0v) is 10.2. The topological polar surface area (TPSA) is 67.0 Å². The third-order valence-electron chi connectivity index (χ3n) is 3.52. The van der Waals surface area contributed by atoms with E-state index in [9.17, 15) is 4.79 Å². The first-order valence-electron chi connectivity index (χ1n) is 5.99. The molecule has 5 nitrogen and oxygen atoms in total. The van der Waals surface area contributed by atoms with Gasteiger partial charge in [0, 0.05) is 12.2 Å². The highest BCUT2D eigenvalue weighted by Gasteiger charge is 2.50. The molecule has 0 radical (unpaired) electrons. The summed E-state index contributed by atoms with van der Waals surface area (Å²) in [4.78, 5) is 18.8. The molecule has 1 saturated carbocycles. The third-order valence-corrected chi connectivity index (χ3v) is 3.52. The smallest absolute Gasteiger partial charge is 0.313 e. The van der Waals surface area contributed by atoms with Gasteiger partial charge in [0.15, 0.2) is 0 Å². The van der Waals surface area contributed by atoms with E-state index in [2.05, 4.69) is 15.3 Å². The fourth-order valence-corrected chi connectivity index (χ4v) is 2.14. The number of H-pyrrole nitrogens is 1. The molecule has 1 fully saturated rings. The quantitative estimate of drug-likeness (QED) is 0.808. The van der Waals surface area contributed by atoms with Crippen molar-refractivity contribution in [3.8, 4) is 0 Å². The second-order valence-electron chi connectivity index (χ2n) is 4.76. The number of nitrogens with zero attached hydrogens (tertiary/aromatic N) is 1. The largest absolute Gasteiger partial charge is 0.469 e. The van der Waals surface area contributed by atoms with E-state index >= 15 is 0 Å². The van der Waals surface area contributed by atoms with Crippen molar-refractivity contribution in [2.75, 3.05) is 19.0 Å². The summed E-state index contributed by atoms with van der Waals surface area (Å²) >= 11 is 0. The standard InChI is InChI=1S/C13H15N3O2/c1-18-12(17)13(4-5-13)7-14-9-2-3-10-11(6-9)16-8-15-10/h2-3,6,8,14H,4-5,7H2,1H3,(H,15,16). The second-order valence-corrected chi connectivity index (χ2v) is 4.76. The van der Waals surface area contributed by atoms with Crippen LogP contribution in [0.4, 0.5) is 5.69 Å². The molecule has 0 unspecified atom stereocenters. The van der Waals surface area contributed by atoms with E-state index in [0.717, 1.165) is 29.6 Å². The molecule has 2 N–H and O–H groups in total. The van der Waals surface area contributed by atoms with Crippen molar-refractivity contribution in [1.29, 1.82) is 0 Å². The van der Waals surface area contributed by atoms with Gasteiger partial charge >= 0.3 is 5.97 Å². The lowest BCUT2D eigenvalue weighted by Gasteiger charge is -2.14. The lowest BCUT2D eigenvalue weighted by Crippen LogP contribution is -2.25. The van der Waals surface area contributed by atoms with Gasteiger partial charge in [-0.2, -0.15) is 0 Å². The van der Waals surface area contributed by atoms with Crippen LogP contribution in [0.1, 0.15) is 12.8 Å². The molecule has 18 heavy (non-hydrogen) atoms. The first-order valence-corrected chi connectivity index (χ1v) is 5.99. The van der Waals surface area contributed by atoms with Crippen molar-refractivity contribution in [1.82, 2.24) is 9.97 Å². The van der Waals surface area contributed by atoms with Crippen LogP contribution in [0.3, 0.4) is 0 Å². The molecule has 0 atom stereocenters. The van der Waals surface area contributed by atoms with E-state index in [1.807, 2.05) is 18.2 Å². The molecule has 1 aromatic heterocycles. The number of imidazole rings is 1. The van der Waals surface area contributed by atoms with E-state index in [0.29, 0.717) is 6.54 Å². The highest BCUT2D eigenvalue weighted by atomic mass is 16.5. The lowest BCUT2D eigenvalue weighted by molar-refractivity contribution is -0.146. The number of methoxy groups -OCH3 is 1. The Morgan fingerprint density at radius 2 is 2.39 bits per heavy atom. The second kappa shape index (κ2) is 4.01. The van der Waals surface area contributed by atoms with Crippen molar-refractivity contribution >= 4 is 22.7 Å². The van der Waals surface area contributed by atoms with E-state index in [4.69, 9.17) is 4.74 Å². The zero-order valence-electron chi connectivity index (χ0n) is 10.2. The van der Waals surface area contributed by atoms with Gasteiger partial charge < -0.3 is 15.0 Å². The number of benzene rings is 1. The van der Waals surface area contributed by atoms with Gasteiger partial charge in [0.05, 0.1) is 29.9 Å². The van der Waals surface area contributed by atoms with E-state index in [-0.39, 0.29) is 11.4 Å². The number of anilines is 1. The Kier molecular flexibility index (Phi) is 2.47. The summed E-state index contributed by atoms with van der Waals surface area (Å²) in [6.07, 6.45) is 3.48. The minimum Gasteiger partial charge on any atom is -0.469 e. The Hall–Kier alpha value is -2.04. The fraction of sp³-hybridized carbons (Fsp3) is 0.385. The number of aromatic nitrogens is 2. The predicted octanol–water partition coefficient (Wildman–Crippen LogP) is 1.93. The van der Waals surface area contributed by atoms with E-state index in [1.54, 1.807) is 6.33 Å². The van der Waals surface area contributed by atoms with E-state index < -0.39 is 0 Å². The number of carbonyl (C=O) groups is 1. The van der Waals surface area contributed by atoms with Gasteiger partial charge in [-0.25, -0.2) is 4.98 Å². The highest BCUT2D eigenvalue weighted by molar-refractivity contribution is 5.81. The van der Waals surface area contributed by atoms with Crippen molar-refractivity contribution in [3.05, 3.63) is 24.5 Å². The Morgan fingerprint density at radius 3 is 3.11 bits per heavy atom. The first-order chi connectivity index (χ1) is 8.73. The van der Waals surface area contributed by atoms with Crippen LogP contribution >= 0.6 is 0 Å². The van der Waals surface area contributed by atoms with Gasteiger partial charge in [0.25, 0.3) is 0 Å². The van der Waals surface area contributed by atoms with Crippen LogP contribution in [-0.2, 0) is 9.53 Å². The summed E-state index contributed by atoms with van der Waals surface area (Å²) in [6, 6.07) is 5.91. The molecular formula is C13H15N3O2. The lowest BCUT2D eigenvalue weighted by atomic mass is 10.1. The van der Waals surface area contributed by atoms with Gasteiger partial charge in [-0.15, -0.1) is 0 Å². The number of nitrogens with one attached hydrogen (secondary N) is 2. The Balaban J connectivity index is 1.71. The van der Waals surface area contributed by atoms with Gasteiger partial charge in [-0.1, -0.05) is 0 Å². The number of esters is 1. The molecule has 1 aromatic carbocycles. The van der Waals surface area contributed by atoms with Gasteiger partial charge in [-0.3, -0.25) is 4.79 Å². The summed E-state index contributed by atoms with van der Waals surface area (Å²) in [7, 11) is 1.44. The Morgan fingerprint density at radius 1 is 1.56 bits per heavy atom. The molecule has 0 saturated heterocycles. The molecule has 3 rings (SSSR count). The Labute approximate surface area is 105 Å². The first kappa shape index (κ1) is 11.1. The van der Waals surface area contributed by atoms with Gasteiger partial charge in [-0.05, 0) is 31.0 Å². The SMILES string of the molecule is COC(=O)C1(CNc2ccc3nc[nH]c3c2)CC1. The van der Waals surface area contributed by atoms with Crippen LogP contribution < -0.4 is 5.32 Å². The number of aromatic amines is 1. The molecule has 0 aliphatic heterocycles. The summed E-state index contributed by atoms with van der Waals surface area (Å²) in [5.41, 5.74) is 2.61. The average Bonchev–Trinajstić information content (AvgIpc) is 3.05.